The van der Waals surface area contributed by atoms with Gasteiger partial charge < -0.3 is 5.32 Å². The minimum absolute atomic E-state index is 0.0626. The Morgan fingerprint density at radius 1 is 1.03 bits per heavy atom. The molecule has 3 heterocycles. The molecule has 0 unspecified atom stereocenters. The third-order valence-corrected chi connectivity index (χ3v) is 6.90. The van der Waals surface area contributed by atoms with Crippen LogP contribution in [0.4, 0.5) is 0 Å². The van der Waals surface area contributed by atoms with Crippen molar-refractivity contribution in [3.63, 3.8) is 0 Å². The van der Waals surface area contributed by atoms with Crippen molar-refractivity contribution in [3.05, 3.63) is 76.0 Å². The van der Waals surface area contributed by atoms with E-state index in [-0.39, 0.29) is 5.91 Å². The average Bonchev–Trinajstić information content (AvgIpc) is 3.24. The zero-order valence-corrected chi connectivity index (χ0v) is 18.1. The fraction of sp³-hybridized carbons (Fsp3) is 0.280. The molecule has 156 valence electrons. The van der Waals surface area contributed by atoms with Gasteiger partial charge in [0.05, 0.1) is 27.5 Å². The van der Waals surface area contributed by atoms with E-state index >= 15 is 0 Å². The molecule has 4 aromatic rings. The summed E-state index contributed by atoms with van der Waals surface area (Å²) in [5, 5.41) is 5.17. The number of rotatable bonds is 6. The number of hydrogen-bond acceptors (Lipinski definition) is 5. The number of benzene rings is 1. The summed E-state index contributed by atoms with van der Waals surface area (Å²) in [5.41, 5.74) is 4.50. The number of amides is 1. The molecule has 0 radical (unpaired) electrons. The van der Waals surface area contributed by atoms with Crippen LogP contribution in [-0.2, 0) is 19.3 Å². The van der Waals surface area contributed by atoms with Gasteiger partial charge in [-0.3, -0.25) is 9.78 Å². The molecule has 5 rings (SSSR count). The van der Waals surface area contributed by atoms with Crippen molar-refractivity contribution in [2.45, 2.75) is 38.5 Å². The monoisotopic (exact) mass is 428 g/mol. The summed E-state index contributed by atoms with van der Waals surface area (Å²) in [6, 6.07) is 13.5. The number of carbonyl (C=O) groups is 1. The smallest absolute Gasteiger partial charge is 0.252 e. The second-order valence-corrected chi connectivity index (χ2v) is 9.02. The number of para-hydroxylation sites is 1. The number of aryl methyl sites for hydroxylation is 3. The normalized spacial score (nSPS) is 13.2. The van der Waals surface area contributed by atoms with Crippen molar-refractivity contribution in [2.24, 2.45) is 0 Å². The van der Waals surface area contributed by atoms with Crippen LogP contribution in [0.1, 0.15) is 45.2 Å². The first-order valence-electron chi connectivity index (χ1n) is 10.8. The molecule has 0 fully saturated rings. The van der Waals surface area contributed by atoms with Crippen LogP contribution in [0.5, 0.6) is 0 Å². The van der Waals surface area contributed by atoms with Gasteiger partial charge in [-0.25, -0.2) is 9.97 Å². The molecule has 0 saturated carbocycles. The predicted octanol–water partition coefficient (Wildman–Crippen LogP) is 4.99. The molecule has 0 bridgehead atoms. The van der Waals surface area contributed by atoms with Gasteiger partial charge in [-0.2, -0.15) is 0 Å². The lowest BCUT2D eigenvalue weighted by Gasteiger charge is -2.10. The van der Waals surface area contributed by atoms with E-state index < -0.39 is 0 Å². The van der Waals surface area contributed by atoms with Crippen LogP contribution in [0.25, 0.3) is 22.2 Å². The number of aromatic nitrogens is 3. The van der Waals surface area contributed by atoms with Crippen LogP contribution in [0.2, 0.25) is 0 Å². The topological polar surface area (TPSA) is 67.8 Å². The molecule has 1 aliphatic rings. The van der Waals surface area contributed by atoms with E-state index in [2.05, 4.69) is 10.3 Å². The Kier molecular flexibility index (Phi) is 5.71. The molecule has 0 atom stereocenters. The lowest BCUT2D eigenvalue weighted by molar-refractivity contribution is 0.0955. The molecule has 3 aromatic heterocycles. The Morgan fingerprint density at radius 3 is 2.74 bits per heavy atom. The van der Waals surface area contributed by atoms with E-state index in [1.807, 2.05) is 53.8 Å². The minimum atomic E-state index is -0.0626. The highest BCUT2D eigenvalue weighted by Gasteiger charge is 2.16. The van der Waals surface area contributed by atoms with Gasteiger partial charge >= 0.3 is 0 Å². The minimum Gasteiger partial charge on any atom is -0.352 e. The second-order valence-electron chi connectivity index (χ2n) is 7.85. The number of fused-ring (bicyclic) bond motifs is 2. The van der Waals surface area contributed by atoms with Gasteiger partial charge in [0.25, 0.3) is 5.91 Å². The largest absolute Gasteiger partial charge is 0.352 e. The first-order chi connectivity index (χ1) is 15.3. The fourth-order valence-electron chi connectivity index (χ4n) is 4.08. The van der Waals surface area contributed by atoms with Crippen LogP contribution < -0.4 is 5.32 Å². The summed E-state index contributed by atoms with van der Waals surface area (Å²) in [4.78, 5) is 28.1. The molecule has 1 N–H and O–H groups in total. The van der Waals surface area contributed by atoms with Crippen molar-refractivity contribution in [2.75, 3.05) is 6.54 Å². The molecular weight excluding hydrogens is 404 g/mol. The van der Waals surface area contributed by atoms with E-state index in [1.165, 1.54) is 34.8 Å². The first-order valence-corrected chi connectivity index (χ1v) is 11.7. The van der Waals surface area contributed by atoms with Gasteiger partial charge in [0.1, 0.15) is 0 Å². The maximum absolute atomic E-state index is 13.0. The zero-order chi connectivity index (χ0) is 21.0. The Morgan fingerprint density at radius 2 is 1.87 bits per heavy atom. The maximum Gasteiger partial charge on any atom is 0.252 e. The van der Waals surface area contributed by atoms with Crippen LogP contribution in [0, 0.1) is 0 Å². The van der Waals surface area contributed by atoms with Crippen LogP contribution in [0.3, 0.4) is 0 Å². The lowest BCUT2D eigenvalue weighted by Crippen LogP contribution is -2.25. The highest BCUT2D eigenvalue weighted by atomic mass is 32.1. The Balaban J connectivity index is 1.29. The Labute approximate surface area is 185 Å². The van der Waals surface area contributed by atoms with Gasteiger partial charge in [-0.05, 0) is 56.4 Å². The number of carbonyl (C=O) groups excluding carboxylic acids is 1. The predicted molar refractivity (Wildman–Crippen MR) is 124 cm³/mol. The summed E-state index contributed by atoms with van der Waals surface area (Å²) < 4.78 is 0. The van der Waals surface area contributed by atoms with Gasteiger partial charge in [0, 0.05) is 41.2 Å². The molecule has 1 aliphatic carbocycles. The third kappa shape index (κ3) is 4.35. The lowest BCUT2D eigenvalue weighted by atomic mass is 10.0. The van der Waals surface area contributed by atoms with Crippen molar-refractivity contribution < 1.29 is 4.79 Å². The number of hydrogen-bond donors (Lipinski definition) is 1. The highest BCUT2D eigenvalue weighted by Crippen LogP contribution is 2.27. The molecular formula is C25H24N4OS. The van der Waals surface area contributed by atoms with Crippen LogP contribution in [0.15, 0.2) is 54.9 Å². The second kappa shape index (κ2) is 8.94. The van der Waals surface area contributed by atoms with Gasteiger partial charge in [-0.15, -0.1) is 11.3 Å². The van der Waals surface area contributed by atoms with Gasteiger partial charge in [0.2, 0.25) is 0 Å². The molecule has 6 heteroatoms. The number of nitrogens with zero attached hydrogens (tertiary/aromatic N) is 3. The summed E-state index contributed by atoms with van der Waals surface area (Å²) in [6.45, 7) is 0.629. The first kappa shape index (κ1) is 19.8. The number of pyridine rings is 2. The third-order valence-electron chi connectivity index (χ3n) is 5.68. The van der Waals surface area contributed by atoms with Gasteiger partial charge in [0.15, 0.2) is 0 Å². The van der Waals surface area contributed by atoms with E-state index in [1.54, 1.807) is 12.4 Å². The molecule has 1 aromatic carbocycles. The van der Waals surface area contributed by atoms with Crippen molar-refractivity contribution in [3.8, 4) is 11.3 Å². The van der Waals surface area contributed by atoms with Crippen LogP contribution in [-0.4, -0.2) is 27.4 Å². The summed E-state index contributed by atoms with van der Waals surface area (Å²) in [5.74, 6) is -0.0626. The highest BCUT2D eigenvalue weighted by molar-refractivity contribution is 7.11. The van der Waals surface area contributed by atoms with E-state index in [9.17, 15) is 4.79 Å². The Bertz CT molecular complexity index is 1200. The summed E-state index contributed by atoms with van der Waals surface area (Å²) in [6.07, 6.45) is 10.1. The quantitative estimate of drug-likeness (QED) is 0.439. The summed E-state index contributed by atoms with van der Waals surface area (Å²) in [7, 11) is 0. The fourth-order valence-corrected chi connectivity index (χ4v) is 5.28. The standard InChI is InChI=1S/C25H24N4OS/c30-25(27-13-5-10-24-29-21-8-3-4-9-23(21)31-24)19-16-22(17-11-14-26-15-12-17)28-20-7-2-1-6-18(19)20/h1-2,6-7,11-12,14-16H,3-5,8-10,13H2,(H,27,30). The molecule has 5 nitrogen and oxygen atoms in total. The number of nitrogens with one attached hydrogen (secondary N) is 1. The van der Waals surface area contributed by atoms with Crippen molar-refractivity contribution in [1.29, 1.82) is 0 Å². The van der Waals surface area contributed by atoms with Crippen molar-refractivity contribution in [1.82, 2.24) is 20.3 Å². The van der Waals surface area contributed by atoms with Crippen molar-refractivity contribution >= 4 is 28.1 Å². The molecule has 0 saturated heterocycles. The molecule has 0 aliphatic heterocycles. The van der Waals surface area contributed by atoms with Gasteiger partial charge in [-0.1, -0.05) is 18.2 Å². The Hall–Kier alpha value is -3.12. The maximum atomic E-state index is 13.0. The molecule has 1 amide bonds. The van der Waals surface area contributed by atoms with Crippen LogP contribution >= 0.6 is 11.3 Å². The van der Waals surface area contributed by atoms with E-state index in [4.69, 9.17) is 9.97 Å². The van der Waals surface area contributed by atoms with E-state index in [0.717, 1.165) is 41.4 Å². The molecule has 0 spiro atoms. The number of thiazole rings is 1. The zero-order valence-electron chi connectivity index (χ0n) is 17.3. The SMILES string of the molecule is O=C(NCCCc1nc2c(s1)CCCC2)c1cc(-c2ccncc2)nc2ccccc12. The van der Waals surface area contributed by atoms with E-state index in [0.29, 0.717) is 12.1 Å². The summed E-state index contributed by atoms with van der Waals surface area (Å²) >= 11 is 1.85. The average molecular weight is 429 g/mol. The molecule has 31 heavy (non-hydrogen) atoms.